The molecule has 0 aliphatic carbocycles. The number of carbonyl (C=O) groups excluding carboxylic acids is 2. The average molecular weight is 381 g/mol. The topological polar surface area (TPSA) is 72.9 Å². The van der Waals surface area contributed by atoms with Gasteiger partial charge in [0.15, 0.2) is 0 Å². The first kappa shape index (κ1) is 18.9. The molecule has 0 radical (unpaired) electrons. The van der Waals surface area contributed by atoms with Gasteiger partial charge in [0.25, 0.3) is 0 Å². The number of nitrogens with one attached hydrogen (secondary N) is 1. The SMILES string of the molecule is O=C1NCCN(Cc2cccc3ccccc23)C1CC(=O)N1CCC(O)CC1. The first-order valence-electron chi connectivity index (χ1n) is 10.1. The lowest BCUT2D eigenvalue weighted by atomic mass is 10.0. The van der Waals surface area contributed by atoms with Crippen molar-refractivity contribution in [3.05, 3.63) is 48.0 Å². The minimum absolute atomic E-state index is 0.00290. The second-order valence-electron chi connectivity index (χ2n) is 7.73. The van der Waals surface area contributed by atoms with Crippen LogP contribution in [-0.2, 0) is 16.1 Å². The Morgan fingerprint density at radius 1 is 1.07 bits per heavy atom. The van der Waals surface area contributed by atoms with Gasteiger partial charge in [-0.2, -0.15) is 0 Å². The van der Waals surface area contributed by atoms with Crippen molar-refractivity contribution in [3.63, 3.8) is 0 Å². The fraction of sp³-hybridized carbons (Fsp3) is 0.455. The number of rotatable bonds is 4. The molecule has 2 aliphatic rings. The first-order valence-corrected chi connectivity index (χ1v) is 10.1. The van der Waals surface area contributed by atoms with Crippen LogP contribution in [0.5, 0.6) is 0 Å². The van der Waals surface area contributed by atoms with Crippen molar-refractivity contribution < 1.29 is 14.7 Å². The van der Waals surface area contributed by atoms with Crippen LogP contribution in [0, 0.1) is 0 Å². The third-order valence-electron chi connectivity index (χ3n) is 5.88. The molecule has 0 bridgehead atoms. The van der Waals surface area contributed by atoms with Crippen LogP contribution >= 0.6 is 0 Å². The zero-order valence-electron chi connectivity index (χ0n) is 16.0. The summed E-state index contributed by atoms with van der Waals surface area (Å²) in [7, 11) is 0. The van der Waals surface area contributed by atoms with Gasteiger partial charge >= 0.3 is 0 Å². The predicted octanol–water partition coefficient (Wildman–Crippen LogP) is 1.51. The molecule has 1 atom stereocenters. The molecule has 0 spiro atoms. The monoisotopic (exact) mass is 381 g/mol. The Hall–Kier alpha value is -2.44. The molecule has 2 fully saturated rings. The molecule has 2 heterocycles. The van der Waals surface area contributed by atoms with Gasteiger partial charge < -0.3 is 15.3 Å². The van der Waals surface area contributed by atoms with E-state index in [4.69, 9.17) is 0 Å². The number of fused-ring (bicyclic) bond motifs is 1. The van der Waals surface area contributed by atoms with Crippen molar-refractivity contribution >= 4 is 22.6 Å². The van der Waals surface area contributed by atoms with Crippen molar-refractivity contribution in [2.45, 2.75) is 38.0 Å². The number of hydrogen-bond donors (Lipinski definition) is 2. The second-order valence-corrected chi connectivity index (χ2v) is 7.73. The molecule has 2 saturated heterocycles. The first-order chi connectivity index (χ1) is 13.6. The molecule has 0 saturated carbocycles. The molecule has 28 heavy (non-hydrogen) atoms. The van der Waals surface area contributed by atoms with Gasteiger partial charge in [-0.3, -0.25) is 14.5 Å². The molecular weight excluding hydrogens is 354 g/mol. The van der Waals surface area contributed by atoms with E-state index in [2.05, 4.69) is 34.5 Å². The summed E-state index contributed by atoms with van der Waals surface area (Å²) in [5.41, 5.74) is 1.17. The molecule has 4 rings (SSSR count). The Labute approximate surface area is 165 Å². The van der Waals surface area contributed by atoms with Gasteiger partial charge in [0.1, 0.15) is 0 Å². The van der Waals surface area contributed by atoms with Crippen LogP contribution in [0.25, 0.3) is 10.8 Å². The summed E-state index contributed by atoms with van der Waals surface area (Å²) in [6.45, 7) is 3.11. The summed E-state index contributed by atoms with van der Waals surface area (Å²) in [5, 5.41) is 14.9. The average Bonchev–Trinajstić information content (AvgIpc) is 2.71. The molecule has 2 aliphatic heterocycles. The van der Waals surface area contributed by atoms with Crippen molar-refractivity contribution in [2.75, 3.05) is 26.2 Å². The van der Waals surface area contributed by atoms with Gasteiger partial charge in [0.2, 0.25) is 11.8 Å². The molecule has 6 nitrogen and oxygen atoms in total. The molecule has 0 aromatic heterocycles. The Balaban J connectivity index is 1.50. The number of aliphatic hydroxyl groups excluding tert-OH is 1. The lowest BCUT2D eigenvalue weighted by Crippen LogP contribution is -2.56. The number of likely N-dealkylation sites (tertiary alicyclic amines) is 1. The summed E-state index contributed by atoms with van der Waals surface area (Å²) >= 11 is 0. The maximum absolute atomic E-state index is 12.8. The Morgan fingerprint density at radius 2 is 1.82 bits per heavy atom. The smallest absolute Gasteiger partial charge is 0.237 e. The van der Waals surface area contributed by atoms with Crippen LogP contribution in [0.15, 0.2) is 42.5 Å². The standard InChI is InChI=1S/C22H27N3O3/c26-18-8-11-24(12-9-18)21(27)14-20-22(28)23-10-13-25(20)15-17-6-3-5-16-4-1-2-7-19(16)17/h1-7,18,20,26H,8-15H2,(H,23,28). The van der Waals surface area contributed by atoms with Gasteiger partial charge in [-0.25, -0.2) is 0 Å². The Kier molecular flexibility index (Phi) is 5.59. The van der Waals surface area contributed by atoms with E-state index in [1.165, 1.54) is 16.3 Å². The Bertz CT molecular complexity index is 856. The predicted molar refractivity (Wildman–Crippen MR) is 108 cm³/mol. The van der Waals surface area contributed by atoms with Gasteiger partial charge in [0, 0.05) is 32.7 Å². The van der Waals surface area contributed by atoms with E-state index < -0.39 is 6.04 Å². The number of nitrogens with zero attached hydrogens (tertiary/aromatic N) is 2. The number of carbonyl (C=O) groups is 2. The highest BCUT2D eigenvalue weighted by molar-refractivity contribution is 5.89. The lowest BCUT2D eigenvalue weighted by Gasteiger charge is -2.37. The molecule has 2 aromatic carbocycles. The number of piperidine rings is 1. The van der Waals surface area contributed by atoms with Crippen LogP contribution in [0.2, 0.25) is 0 Å². The quantitative estimate of drug-likeness (QED) is 0.842. The Morgan fingerprint density at radius 3 is 2.64 bits per heavy atom. The lowest BCUT2D eigenvalue weighted by molar-refractivity contribution is -0.140. The third kappa shape index (κ3) is 4.03. The van der Waals surface area contributed by atoms with E-state index in [0.717, 1.165) is 6.54 Å². The highest BCUT2D eigenvalue weighted by Gasteiger charge is 2.33. The second kappa shape index (κ2) is 8.29. The minimum Gasteiger partial charge on any atom is -0.393 e. The number of aliphatic hydroxyl groups is 1. The van der Waals surface area contributed by atoms with E-state index in [1.54, 1.807) is 4.90 Å². The number of hydrogen-bond acceptors (Lipinski definition) is 4. The summed E-state index contributed by atoms with van der Waals surface area (Å²) in [6, 6.07) is 14.0. The molecular formula is C22H27N3O3. The zero-order valence-corrected chi connectivity index (χ0v) is 16.0. The summed E-state index contributed by atoms with van der Waals surface area (Å²) in [4.78, 5) is 29.2. The van der Waals surface area contributed by atoms with Crippen molar-refractivity contribution in [2.24, 2.45) is 0 Å². The zero-order chi connectivity index (χ0) is 19.5. The molecule has 2 N–H and O–H groups in total. The molecule has 6 heteroatoms. The van der Waals surface area contributed by atoms with Crippen LogP contribution in [0.1, 0.15) is 24.8 Å². The van der Waals surface area contributed by atoms with E-state index >= 15 is 0 Å². The van der Waals surface area contributed by atoms with Crippen molar-refractivity contribution in [1.82, 2.24) is 15.1 Å². The maximum atomic E-state index is 12.8. The maximum Gasteiger partial charge on any atom is 0.237 e. The van der Waals surface area contributed by atoms with Gasteiger partial charge in [-0.1, -0.05) is 42.5 Å². The summed E-state index contributed by atoms with van der Waals surface area (Å²) < 4.78 is 0. The summed E-state index contributed by atoms with van der Waals surface area (Å²) in [5.74, 6) is -0.0752. The van der Waals surface area contributed by atoms with Crippen molar-refractivity contribution in [3.8, 4) is 0 Å². The molecule has 1 unspecified atom stereocenters. The normalized spacial score (nSPS) is 21.7. The van der Waals surface area contributed by atoms with Gasteiger partial charge in [0.05, 0.1) is 18.6 Å². The molecule has 2 amide bonds. The van der Waals surface area contributed by atoms with Gasteiger partial charge in [-0.05, 0) is 29.2 Å². The highest BCUT2D eigenvalue weighted by atomic mass is 16.3. The highest BCUT2D eigenvalue weighted by Crippen LogP contribution is 2.23. The largest absolute Gasteiger partial charge is 0.393 e. The van der Waals surface area contributed by atoms with Crippen LogP contribution in [-0.4, -0.2) is 65.0 Å². The van der Waals surface area contributed by atoms with E-state index in [9.17, 15) is 14.7 Å². The number of benzene rings is 2. The van der Waals surface area contributed by atoms with Crippen LogP contribution in [0.3, 0.4) is 0 Å². The van der Waals surface area contributed by atoms with E-state index in [0.29, 0.717) is 39.0 Å². The third-order valence-corrected chi connectivity index (χ3v) is 5.88. The minimum atomic E-state index is -0.452. The van der Waals surface area contributed by atoms with Crippen LogP contribution in [0.4, 0.5) is 0 Å². The van der Waals surface area contributed by atoms with E-state index in [-0.39, 0.29) is 24.3 Å². The van der Waals surface area contributed by atoms with Gasteiger partial charge in [-0.15, -0.1) is 0 Å². The fourth-order valence-corrected chi connectivity index (χ4v) is 4.23. The molecule has 2 aromatic rings. The van der Waals surface area contributed by atoms with E-state index in [1.807, 2.05) is 18.2 Å². The van der Waals surface area contributed by atoms with Crippen molar-refractivity contribution in [1.29, 1.82) is 0 Å². The number of piperazine rings is 1. The van der Waals surface area contributed by atoms with Crippen LogP contribution < -0.4 is 5.32 Å². The molecule has 148 valence electrons. The summed E-state index contributed by atoms with van der Waals surface area (Å²) in [6.07, 6.45) is 1.10. The fourth-order valence-electron chi connectivity index (χ4n) is 4.23. The number of amides is 2.